The zero-order chi connectivity index (χ0) is 7.82. The molecule has 0 aliphatic carbocycles. The van der Waals surface area contributed by atoms with E-state index in [4.69, 9.17) is 5.26 Å². The van der Waals surface area contributed by atoms with Gasteiger partial charge < -0.3 is 16.3 Å². The maximum atomic E-state index is 8.05. The second kappa shape index (κ2) is 13.1. The van der Waals surface area contributed by atoms with Crippen LogP contribution in [0.25, 0.3) is 0 Å². The Morgan fingerprint density at radius 2 is 2.00 bits per heavy atom. The SMILES string of the molecule is CCS.N#CC=C1CNC1.O.O. The Hall–Kier alpha value is -0.540. The first kappa shape index (κ1) is 17.5. The molecule has 1 aliphatic heterocycles. The number of nitrogens with zero attached hydrogens (tertiary/aromatic N) is 1. The van der Waals surface area contributed by atoms with E-state index in [-0.39, 0.29) is 11.0 Å². The molecule has 0 aromatic heterocycles. The van der Waals surface area contributed by atoms with Gasteiger partial charge in [0.25, 0.3) is 0 Å². The smallest absolute Gasteiger partial charge is 0.0912 e. The van der Waals surface area contributed by atoms with Crippen molar-refractivity contribution in [3.05, 3.63) is 11.6 Å². The van der Waals surface area contributed by atoms with E-state index in [1.165, 1.54) is 5.57 Å². The van der Waals surface area contributed by atoms with Gasteiger partial charge in [-0.25, -0.2) is 0 Å². The number of nitriles is 1. The third kappa shape index (κ3) is 9.46. The maximum Gasteiger partial charge on any atom is 0.0912 e. The van der Waals surface area contributed by atoms with Crippen molar-refractivity contribution in [2.45, 2.75) is 6.92 Å². The van der Waals surface area contributed by atoms with E-state index in [1.54, 1.807) is 6.08 Å². The van der Waals surface area contributed by atoms with Crippen LogP contribution in [0.2, 0.25) is 0 Å². The molecule has 5 heteroatoms. The van der Waals surface area contributed by atoms with Crippen molar-refractivity contribution in [2.75, 3.05) is 18.8 Å². The second-order valence-corrected chi connectivity index (χ2v) is 2.48. The summed E-state index contributed by atoms with van der Waals surface area (Å²) in [5.41, 5.74) is 1.21. The fraction of sp³-hybridized carbons (Fsp3) is 0.571. The van der Waals surface area contributed by atoms with E-state index < -0.39 is 0 Å². The lowest BCUT2D eigenvalue weighted by Gasteiger charge is -2.16. The maximum absolute atomic E-state index is 8.05. The second-order valence-electron chi connectivity index (χ2n) is 1.85. The van der Waals surface area contributed by atoms with Crippen LogP contribution in [0.4, 0.5) is 0 Å². The fourth-order valence-electron chi connectivity index (χ4n) is 0.463. The van der Waals surface area contributed by atoms with Gasteiger partial charge in [-0.2, -0.15) is 17.9 Å². The molecule has 0 saturated carbocycles. The summed E-state index contributed by atoms with van der Waals surface area (Å²) in [5, 5.41) is 11.1. The number of hydrogen-bond donors (Lipinski definition) is 2. The Labute approximate surface area is 78.3 Å². The zero-order valence-electron chi connectivity index (χ0n) is 7.09. The minimum atomic E-state index is 0. The van der Waals surface area contributed by atoms with Gasteiger partial charge >= 0.3 is 0 Å². The Morgan fingerprint density at radius 3 is 2.08 bits per heavy atom. The molecule has 1 aliphatic rings. The first-order valence-corrected chi connectivity index (χ1v) is 3.87. The van der Waals surface area contributed by atoms with Crippen molar-refractivity contribution in [3.63, 3.8) is 0 Å². The van der Waals surface area contributed by atoms with Gasteiger partial charge in [0.05, 0.1) is 6.07 Å². The van der Waals surface area contributed by atoms with Crippen molar-refractivity contribution >= 4 is 12.6 Å². The quantitative estimate of drug-likeness (QED) is 0.393. The first-order valence-electron chi connectivity index (χ1n) is 3.24. The molecule has 0 amide bonds. The molecule has 0 aromatic carbocycles. The monoisotopic (exact) mass is 192 g/mol. The summed E-state index contributed by atoms with van der Waals surface area (Å²) in [5.74, 6) is 0.944. The largest absolute Gasteiger partial charge is 0.412 e. The number of hydrogen-bond acceptors (Lipinski definition) is 3. The van der Waals surface area contributed by atoms with Gasteiger partial charge in [-0.1, -0.05) is 6.92 Å². The summed E-state index contributed by atoms with van der Waals surface area (Å²) in [7, 11) is 0. The van der Waals surface area contributed by atoms with E-state index >= 15 is 0 Å². The number of rotatable bonds is 0. The minimum Gasteiger partial charge on any atom is -0.412 e. The molecule has 0 bridgehead atoms. The molecule has 0 spiro atoms. The molecule has 1 fully saturated rings. The summed E-state index contributed by atoms with van der Waals surface area (Å²) in [6.45, 7) is 3.81. The zero-order valence-corrected chi connectivity index (χ0v) is 7.99. The molecule has 0 radical (unpaired) electrons. The summed E-state index contributed by atoms with van der Waals surface area (Å²) >= 11 is 3.79. The summed E-state index contributed by atoms with van der Waals surface area (Å²) in [4.78, 5) is 0. The summed E-state index contributed by atoms with van der Waals surface area (Å²) < 4.78 is 0. The molecule has 1 rings (SSSR count). The van der Waals surface area contributed by atoms with Crippen LogP contribution >= 0.6 is 12.6 Å². The first-order chi connectivity index (χ1) is 4.85. The normalized spacial score (nSPS) is 11.6. The van der Waals surface area contributed by atoms with Gasteiger partial charge in [-0.05, 0) is 11.3 Å². The molecule has 72 valence electrons. The highest BCUT2D eigenvalue weighted by molar-refractivity contribution is 7.80. The molecule has 5 N–H and O–H groups in total. The Kier molecular flexibility index (Phi) is 19.1. The van der Waals surface area contributed by atoms with E-state index in [0.717, 1.165) is 18.8 Å². The lowest BCUT2D eigenvalue weighted by molar-refractivity contribution is 0.669. The fourth-order valence-corrected chi connectivity index (χ4v) is 0.463. The van der Waals surface area contributed by atoms with Crippen molar-refractivity contribution in [1.29, 1.82) is 5.26 Å². The molecule has 1 heterocycles. The third-order valence-electron chi connectivity index (χ3n) is 0.973. The van der Waals surface area contributed by atoms with Crippen LogP contribution in [-0.2, 0) is 0 Å². The van der Waals surface area contributed by atoms with Gasteiger partial charge in [0.1, 0.15) is 0 Å². The lowest BCUT2D eigenvalue weighted by Crippen LogP contribution is -2.33. The number of allylic oxidation sites excluding steroid dienone is 1. The molecule has 4 nitrogen and oxygen atoms in total. The third-order valence-corrected chi connectivity index (χ3v) is 0.973. The van der Waals surface area contributed by atoms with Crippen LogP contribution in [-0.4, -0.2) is 29.8 Å². The molecular formula is C7H16N2O2S. The average Bonchev–Trinajstić information content (AvgIpc) is 1.81. The predicted octanol–water partition coefficient (Wildman–Crippen LogP) is -0.674. The molecule has 12 heavy (non-hydrogen) atoms. The number of thiol groups is 1. The Morgan fingerprint density at radius 1 is 1.58 bits per heavy atom. The number of nitrogens with one attached hydrogen (secondary N) is 1. The van der Waals surface area contributed by atoms with E-state index in [0.29, 0.717) is 0 Å². The lowest BCUT2D eigenvalue weighted by atomic mass is 10.1. The predicted molar refractivity (Wildman–Crippen MR) is 53.3 cm³/mol. The summed E-state index contributed by atoms with van der Waals surface area (Å²) in [6, 6.07) is 1.97. The Balaban J connectivity index is -0.000000146. The standard InChI is InChI=1S/C5H6N2.C2H6S.2H2O/c6-2-1-5-3-7-4-5;1-2-3;;/h1,7H,3-4H2;3H,2H2,1H3;2*1H2. The highest BCUT2D eigenvalue weighted by Crippen LogP contribution is 1.97. The van der Waals surface area contributed by atoms with Crippen molar-refractivity contribution in [3.8, 4) is 6.07 Å². The molecular weight excluding hydrogens is 176 g/mol. The van der Waals surface area contributed by atoms with Gasteiger partial charge in [0.15, 0.2) is 0 Å². The van der Waals surface area contributed by atoms with Crippen LogP contribution in [0, 0.1) is 11.3 Å². The van der Waals surface area contributed by atoms with Crippen molar-refractivity contribution in [2.24, 2.45) is 0 Å². The van der Waals surface area contributed by atoms with E-state index in [2.05, 4.69) is 17.9 Å². The average molecular weight is 192 g/mol. The van der Waals surface area contributed by atoms with Crippen LogP contribution in [0.15, 0.2) is 11.6 Å². The topological polar surface area (TPSA) is 98.8 Å². The van der Waals surface area contributed by atoms with E-state index in [1.807, 2.05) is 13.0 Å². The summed E-state index contributed by atoms with van der Waals surface area (Å²) in [6.07, 6.45) is 1.59. The molecule has 0 aromatic rings. The van der Waals surface area contributed by atoms with Crippen molar-refractivity contribution < 1.29 is 11.0 Å². The highest BCUT2D eigenvalue weighted by Gasteiger charge is 2.04. The van der Waals surface area contributed by atoms with Crippen LogP contribution in [0.1, 0.15) is 6.92 Å². The van der Waals surface area contributed by atoms with Crippen LogP contribution < -0.4 is 5.32 Å². The van der Waals surface area contributed by atoms with Gasteiger partial charge in [-0.3, -0.25) is 0 Å². The van der Waals surface area contributed by atoms with Gasteiger partial charge in [0, 0.05) is 19.2 Å². The van der Waals surface area contributed by atoms with Gasteiger partial charge in [-0.15, -0.1) is 0 Å². The van der Waals surface area contributed by atoms with Crippen LogP contribution in [0.5, 0.6) is 0 Å². The highest BCUT2D eigenvalue weighted by atomic mass is 32.1. The van der Waals surface area contributed by atoms with Gasteiger partial charge in [0.2, 0.25) is 0 Å². The molecule has 0 atom stereocenters. The molecule has 1 saturated heterocycles. The van der Waals surface area contributed by atoms with E-state index in [9.17, 15) is 0 Å². The molecule has 0 unspecified atom stereocenters. The minimum absolute atomic E-state index is 0. The van der Waals surface area contributed by atoms with Crippen molar-refractivity contribution in [1.82, 2.24) is 5.32 Å². The van der Waals surface area contributed by atoms with Crippen LogP contribution in [0.3, 0.4) is 0 Å². The Bertz CT molecular complexity index is 148.